The zero-order valence-electron chi connectivity index (χ0n) is 16.6. The first-order chi connectivity index (χ1) is 12.8. The summed E-state index contributed by atoms with van der Waals surface area (Å²) in [6, 6.07) is 6.22. The molecule has 3 atom stereocenters. The van der Waals surface area contributed by atoms with Crippen LogP contribution in [0.15, 0.2) is 24.3 Å². The lowest BCUT2D eigenvalue weighted by atomic mass is 9.87. The molecule has 6 heteroatoms. The number of ether oxygens (including phenoxy) is 1. The predicted molar refractivity (Wildman–Crippen MR) is 108 cm³/mol. The third-order valence-electron chi connectivity index (χ3n) is 5.04. The molecule has 2 rings (SSSR count). The van der Waals surface area contributed by atoms with E-state index in [0.717, 1.165) is 19.4 Å². The van der Waals surface area contributed by atoms with Crippen LogP contribution in [0.25, 0.3) is 0 Å². The minimum absolute atomic E-state index is 0.0417. The van der Waals surface area contributed by atoms with Gasteiger partial charge in [-0.3, -0.25) is 9.59 Å². The topological polar surface area (TPSA) is 67.4 Å². The van der Waals surface area contributed by atoms with E-state index in [1.165, 1.54) is 0 Å². The smallest absolute Gasteiger partial charge is 0.253 e. The number of nitrogens with one attached hydrogen (secondary N) is 2. The van der Waals surface area contributed by atoms with Crippen molar-refractivity contribution in [3.05, 3.63) is 34.9 Å². The van der Waals surface area contributed by atoms with Crippen LogP contribution in [0.1, 0.15) is 50.9 Å². The summed E-state index contributed by atoms with van der Waals surface area (Å²) in [5.74, 6) is 0.164. The molecule has 1 aromatic rings. The molecular formula is C21H31ClN2O3. The van der Waals surface area contributed by atoms with Crippen molar-refractivity contribution in [3.63, 3.8) is 0 Å². The van der Waals surface area contributed by atoms with Crippen molar-refractivity contribution in [1.29, 1.82) is 0 Å². The first-order valence-corrected chi connectivity index (χ1v) is 10.1. The minimum atomic E-state index is -0.615. The van der Waals surface area contributed by atoms with Crippen molar-refractivity contribution < 1.29 is 14.3 Å². The molecule has 1 aliphatic heterocycles. The van der Waals surface area contributed by atoms with Gasteiger partial charge >= 0.3 is 0 Å². The number of benzene rings is 1. The molecule has 1 aliphatic rings. The van der Waals surface area contributed by atoms with Crippen LogP contribution < -0.4 is 10.6 Å². The Morgan fingerprint density at radius 2 is 1.93 bits per heavy atom. The number of carbonyl (C=O) groups is 2. The Hall–Kier alpha value is -1.59. The highest BCUT2D eigenvalue weighted by molar-refractivity contribution is 6.33. The lowest BCUT2D eigenvalue weighted by Gasteiger charge is -2.35. The second-order valence-electron chi connectivity index (χ2n) is 7.90. The first kappa shape index (κ1) is 21.7. The lowest BCUT2D eigenvalue weighted by Crippen LogP contribution is -2.51. The van der Waals surface area contributed by atoms with Crippen LogP contribution in [0.3, 0.4) is 0 Å². The fourth-order valence-electron chi connectivity index (χ4n) is 3.56. The molecule has 2 amide bonds. The molecular weight excluding hydrogens is 364 g/mol. The number of rotatable bonds is 7. The number of halogens is 1. The van der Waals surface area contributed by atoms with E-state index < -0.39 is 6.04 Å². The normalized spacial score (nSPS) is 21.1. The van der Waals surface area contributed by atoms with Gasteiger partial charge in [0.25, 0.3) is 5.91 Å². The van der Waals surface area contributed by atoms with Crippen molar-refractivity contribution in [2.24, 2.45) is 17.8 Å². The number of hydrogen-bond donors (Lipinski definition) is 2. The minimum Gasteiger partial charge on any atom is -0.378 e. The van der Waals surface area contributed by atoms with Gasteiger partial charge in [-0.05, 0) is 36.8 Å². The summed E-state index contributed by atoms with van der Waals surface area (Å²) < 4.78 is 5.89. The van der Waals surface area contributed by atoms with Gasteiger partial charge in [0.15, 0.2) is 0 Å². The standard InChI is InChI=1S/C21H31ClN2O3/c1-13(2)18(24-20(25)16-9-5-6-10-17(16)22)21(26)23-12-15-8-7-11-27-19(15)14(3)4/h5-6,9-10,13-15,18-19H,7-8,11-12H2,1-4H3,(H,23,26)(H,24,25)/t15-,18-,19-/m0/s1. The SMILES string of the molecule is CC(C)[C@H](NC(=O)c1ccccc1Cl)C(=O)NC[C@@H]1CCCO[C@H]1C(C)C. The van der Waals surface area contributed by atoms with Crippen LogP contribution in [-0.4, -0.2) is 37.1 Å². The highest BCUT2D eigenvalue weighted by Crippen LogP contribution is 2.25. The second kappa shape index (κ2) is 10.1. The van der Waals surface area contributed by atoms with Gasteiger partial charge in [-0.25, -0.2) is 0 Å². The van der Waals surface area contributed by atoms with E-state index in [4.69, 9.17) is 16.3 Å². The fourth-order valence-corrected chi connectivity index (χ4v) is 3.78. The van der Waals surface area contributed by atoms with Crippen LogP contribution in [0, 0.1) is 17.8 Å². The summed E-state index contributed by atoms with van der Waals surface area (Å²) in [5, 5.41) is 6.22. The maximum absolute atomic E-state index is 12.8. The number of carbonyl (C=O) groups excluding carboxylic acids is 2. The largest absolute Gasteiger partial charge is 0.378 e. The van der Waals surface area contributed by atoms with Crippen molar-refractivity contribution >= 4 is 23.4 Å². The first-order valence-electron chi connectivity index (χ1n) is 9.76. The Labute approximate surface area is 167 Å². The molecule has 0 radical (unpaired) electrons. The lowest BCUT2D eigenvalue weighted by molar-refractivity contribution is -0.125. The van der Waals surface area contributed by atoms with Gasteiger partial charge in [-0.15, -0.1) is 0 Å². The molecule has 1 aromatic carbocycles. The molecule has 0 saturated carbocycles. The van der Waals surface area contributed by atoms with Crippen molar-refractivity contribution in [2.45, 2.75) is 52.7 Å². The maximum atomic E-state index is 12.8. The van der Waals surface area contributed by atoms with Gasteiger partial charge in [0.2, 0.25) is 5.91 Å². The van der Waals surface area contributed by atoms with Gasteiger partial charge in [0.05, 0.1) is 16.7 Å². The quantitative estimate of drug-likeness (QED) is 0.741. The van der Waals surface area contributed by atoms with E-state index >= 15 is 0 Å². The molecule has 1 saturated heterocycles. The summed E-state index contributed by atoms with van der Waals surface area (Å²) in [4.78, 5) is 25.3. The Morgan fingerprint density at radius 3 is 2.56 bits per heavy atom. The molecule has 0 spiro atoms. The summed E-state index contributed by atoms with van der Waals surface area (Å²) in [5.41, 5.74) is 0.373. The molecule has 1 fully saturated rings. The zero-order valence-corrected chi connectivity index (χ0v) is 17.4. The predicted octanol–water partition coefficient (Wildman–Crippen LogP) is 3.66. The van der Waals surface area contributed by atoms with E-state index in [0.29, 0.717) is 29.0 Å². The third kappa shape index (κ3) is 5.94. The third-order valence-corrected chi connectivity index (χ3v) is 5.37. The fraction of sp³-hybridized carbons (Fsp3) is 0.619. The Kier molecular flexibility index (Phi) is 8.11. The van der Waals surface area contributed by atoms with Crippen LogP contribution in [0.5, 0.6) is 0 Å². The van der Waals surface area contributed by atoms with Crippen molar-refractivity contribution in [1.82, 2.24) is 10.6 Å². The monoisotopic (exact) mass is 394 g/mol. The Balaban J connectivity index is 1.98. The molecule has 0 bridgehead atoms. The average molecular weight is 395 g/mol. The summed E-state index contributed by atoms with van der Waals surface area (Å²) in [7, 11) is 0. The van der Waals surface area contributed by atoms with E-state index in [-0.39, 0.29) is 23.8 Å². The molecule has 0 unspecified atom stereocenters. The molecule has 27 heavy (non-hydrogen) atoms. The van der Waals surface area contributed by atoms with Crippen LogP contribution in [-0.2, 0) is 9.53 Å². The van der Waals surface area contributed by atoms with E-state index in [1.807, 2.05) is 13.8 Å². The Bertz CT molecular complexity index is 648. The molecule has 5 nitrogen and oxygen atoms in total. The van der Waals surface area contributed by atoms with Gasteiger partial charge in [0.1, 0.15) is 6.04 Å². The highest BCUT2D eigenvalue weighted by Gasteiger charge is 2.30. The van der Waals surface area contributed by atoms with Crippen LogP contribution in [0.2, 0.25) is 5.02 Å². The highest BCUT2D eigenvalue weighted by atomic mass is 35.5. The summed E-state index contributed by atoms with van der Waals surface area (Å²) in [6.07, 6.45) is 2.22. The van der Waals surface area contributed by atoms with E-state index in [9.17, 15) is 9.59 Å². The van der Waals surface area contributed by atoms with Gasteiger partial charge in [-0.1, -0.05) is 51.4 Å². The molecule has 2 N–H and O–H groups in total. The molecule has 1 heterocycles. The van der Waals surface area contributed by atoms with E-state index in [2.05, 4.69) is 24.5 Å². The number of hydrogen-bond acceptors (Lipinski definition) is 3. The summed E-state index contributed by atoms with van der Waals surface area (Å²) >= 11 is 6.09. The summed E-state index contributed by atoms with van der Waals surface area (Å²) in [6.45, 7) is 9.47. The van der Waals surface area contributed by atoms with Crippen molar-refractivity contribution in [3.8, 4) is 0 Å². The van der Waals surface area contributed by atoms with Crippen molar-refractivity contribution in [2.75, 3.05) is 13.2 Å². The van der Waals surface area contributed by atoms with Crippen LogP contribution in [0.4, 0.5) is 0 Å². The zero-order chi connectivity index (χ0) is 20.0. The second-order valence-corrected chi connectivity index (χ2v) is 8.31. The maximum Gasteiger partial charge on any atom is 0.253 e. The average Bonchev–Trinajstić information content (AvgIpc) is 2.64. The Morgan fingerprint density at radius 1 is 1.22 bits per heavy atom. The molecule has 150 valence electrons. The van der Waals surface area contributed by atoms with Gasteiger partial charge < -0.3 is 15.4 Å². The number of amides is 2. The van der Waals surface area contributed by atoms with E-state index in [1.54, 1.807) is 24.3 Å². The molecule has 0 aromatic heterocycles. The van der Waals surface area contributed by atoms with Gasteiger partial charge in [-0.2, -0.15) is 0 Å². The van der Waals surface area contributed by atoms with Crippen LogP contribution >= 0.6 is 11.6 Å². The van der Waals surface area contributed by atoms with Gasteiger partial charge in [0, 0.05) is 19.1 Å². The molecule has 0 aliphatic carbocycles.